The van der Waals surface area contributed by atoms with Gasteiger partial charge in [-0.2, -0.15) is 9.78 Å². The number of amides is 1. The number of benzene rings is 1. The molecule has 5 rings (SSSR count). The molecule has 0 saturated carbocycles. The summed E-state index contributed by atoms with van der Waals surface area (Å²) in [6.07, 6.45) is 5.69. The first-order valence-electron chi connectivity index (χ1n) is 9.80. The van der Waals surface area contributed by atoms with E-state index in [4.69, 9.17) is 10.4 Å². The predicted molar refractivity (Wildman–Crippen MR) is 114 cm³/mol. The van der Waals surface area contributed by atoms with Crippen LogP contribution >= 0.6 is 0 Å². The van der Waals surface area contributed by atoms with E-state index in [0.29, 0.717) is 12.2 Å². The fraction of sp³-hybridized carbons (Fsp3) is 0.150. The van der Waals surface area contributed by atoms with Crippen molar-refractivity contribution in [2.45, 2.75) is 13.0 Å². The number of hydrogen-bond acceptors (Lipinski definition) is 10. The van der Waals surface area contributed by atoms with Gasteiger partial charge in [0.25, 0.3) is 5.91 Å². The van der Waals surface area contributed by atoms with Gasteiger partial charge in [-0.25, -0.2) is 10.1 Å². The van der Waals surface area contributed by atoms with Gasteiger partial charge in [0.05, 0.1) is 18.5 Å². The molecule has 0 bridgehead atoms. The average Bonchev–Trinajstić information content (AvgIpc) is 3.53. The zero-order chi connectivity index (χ0) is 21.9. The van der Waals surface area contributed by atoms with Gasteiger partial charge in [0.2, 0.25) is 11.6 Å². The van der Waals surface area contributed by atoms with E-state index in [9.17, 15) is 4.79 Å². The molecule has 0 atom stereocenters. The Kier molecular flexibility index (Phi) is 5.00. The van der Waals surface area contributed by atoms with Gasteiger partial charge in [-0.15, -0.1) is 5.10 Å². The van der Waals surface area contributed by atoms with Crippen molar-refractivity contribution in [3.05, 3.63) is 71.3 Å². The molecule has 1 aromatic carbocycles. The van der Waals surface area contributed by atoms with E-state index in [1.54, 1.807) is 24.5 Å². The highest BCUT2D eigenvalue weighted by atomic mass is 16.6. The molecule has 0 unspecified atom stereocenters. The minimum Gasteiger partial charge on any atom is -0.378 e. The van der Waals surface area contributed by atoms with Crippen molar-refractivity contribution < 1.29 is 9.42 Å². The van der Waals surface area contributed by atoms with Crippen LogP contribution in [0.5, 0.6) is 0 Å². The third-order valence-electron chi connectivity index (χ3n) is 5.08. The summed E-state index contributed by atoms with van der Waals surface area (Å²) in [7, 11) is 0. The van der Waals surface area contributed by atoms with Gasteiger partial charge in [-0.05, 0) is 46.1 Å². The lowest BCUT2D eigenvalue weighted by molar-refractivity contribution is 0.0949. The first-order valence-corrected chi connectivity index (χ1v) is 9.80. The lowest BCUT2D eigenvalue weighted by Gasteiger charge is -2.19. The van der Waals surface area contributed by atoms with Crippen LogP contribution in [0.15, 0.2) is 58.5 Å². The van der Waals surface area contributed by atoms with E-state index in [-0.39, 0.29) is 17.3 Å². The van der Waals surface area contributed by atoms with E-state index in [2.05, 4.69) is 47.1 Å². The van der Waals surface area contributed by atoms with Gasteiger partial charge in [0.1, 0.15) is 0 Å². The van der Waals surface area contributed by atoms with Gasteiger partial charge in [0, 0.05) is 24.6 Å². The Hall–Kier alpha value is -4.61. The zero-order valence-electron chi connectivity index (χ0n) is 16.8. The van der Waals surface area contributed by atoms with E-state index in [1.807, 2.05) is 18.2 Å². The number of para-hydroxylation sites is 1. The van der Waals surface area contributed by atoms with Crippen molar-refractivity contribution in [1.29, 1.82) is 0 Å². The molecule has 0 aliphatic carbocycles. The number of anilines is 2. The van der Waals surface area contributed by atoms with Gasteiger partial charge in [-0.3, -0.25) is 9.78 Å². The van der Waals surface area contributed by atoms with Crippen LogP contribution in [0.25, 0.3) is 5.82 Å². The van der Waals surface area contributed by atoms with Crippen LogP contribution in [0.3, 0.4) is 0 Å². The number of nitrogens with one attached hydrogen (secondary N) is 1. The Labute approximate surface area is 181 Å². The standard InChI is InChI=1S/C20H18N10O2/c21-18-19(27-32-26-18)30-16(12-29-10-7-14-3-1-2-4-15(14)29)17(24-28-30)20(31)25-23-11-13-5-8-22-9-6-13/h1-6,8-9,11H,7,10,12H2,(H2,21,26)(H,25,31)/b23-11+. The first kappa shape index (κ1) is 19.4. The number of aromatic nitrogens is 6. The number of fused-ring (bicyclic) bond motifs is 1. The van der Waals surface area contributed by atoms with Crippen LogP contribution in [-0.4, -0.2) is 49.0 Å². The number of hydrazone groups is 1. The number of nitrogens with zero attached hydrogens (tertiary/aromatic N) is 8. The number of rotatable bonds is 6. The van der Waals surface area contributed by atoms with Crippen molar-refractivity contribution >= 4 is 23.6 Å². The molecule has 4 aromatic rings. The Balaban J connectivity index is 1.45. The van der Waals surface area contributed by atoms with E-state index in [0.717, 1.165) is 24.2 Å². The van der Waals surface area contributed by atoms with Gasteiger partial charge >= 0.3 is 0 Å². The Morgan fingerprint density at radius 1 is 1.22 bits per heavy atom. The topological polar surface area (TPSA) is 153 Å². The lowest BCUT2D eigenvalue weighted by atomic mass is 10.2. The summed E-state index contributed by atoms with van der Waals surface area (Å²) in [5.74, 6) is -0.306. The fourth-order valence-corrected chi connectivity index (χ4v) is 3.55. The molecule has 160 valence electrons. The van der Waals surface area contributed by atoms with Crippen LogP contribution in [-0.2, 0) is 13.0 Å². The van der Waals surface area contributed by atoms with Crippen LogP contribution in [0.1, 0.15) is 27.3 Å². The van der Waals surface area contributed by atoms with Gasteiger partial charge < -0.3 is 10.6 Å². The molecule has 12 heteroatoms. The van der Waals surface area contributed by atoms with Crippen LogP contribution in [0, 0.1) is 0 Å². The second-order valence-electron chi connectivity index (χ2n) is 7.05. The summed E-state index contributed by atoms with van der Waals surface area (Å²) in [6, 6.07) is 11.7. The highest BCUT2D eigenvalue weighted by Gasteiger charge is 2.27. The van der Waals surface area contributed by atoms with Crippen LogP contribution in [0.2, 0.25) is 0 Å². The Morgan fingerprint density at radius 3 is 2.88 bits per heavy atom. The summed E-state index contributed by atoms with van der Waals surface area (Å²) in [6.45, 7) is 1.14. The predicted octanol–water partition coefficient (Wildman–Crippen LogP) is 0.954. The van der Waals surface area contributed by atoms with Crippen molar-refractivity contribution in [3.8, 4) is 5.82 Å². The zero-order valence-corrected chi connectivity index (χ0v) is 16.8. The maximum absolute atomic E-state index is 12.9. The first-order chi connectivity index (χ1) is 15.7. The number of hydrogen-bond donors (Lipinski definition) is 2. The summed E-state index contributed by atoms with van der Waals surface area (Å²) >= 11 is 0. The second kappa shape index (κ2) is 8.26. The van der Waals surface area contributed by atoms with Crippen molar-refractivity contribution in [1.82, 2.24) is 35.7 Å². The Bertz CT molecular complexity index is 1280. The highest BCUT2D eigenvalue weighted by molar-refractivity contribution is 5.94. The molecule has 12 nitrogen and oxygen atoms in total. The van der Waals surface area contributed by atoms with Gasteiger partial charge in [0.15, 0.2) is 5.69 Å². The molecule has 1 aliphatic heterocycles. The van der Waals surface area contributed by atoms with Crippen LogP contribution in [0.4, 0.5) is 11.5 Å². The smallest absolute Gasteiger partial charge is 0.293 e. The SMILES string of the molecule is Nc1nonc1-n1nnc(C(=O)N/N=C/c2ccncc2)c1CN1CCc2ccccc21. The lowest BCUT2D eigenvalue weighted by Crippen LogP contribution is -2.26. The van der Waals surface area contributed by atoms with Crippen molar-refractivity contribution in [2.24, 2.45) is 5.10 Å². The summed E-state index contributed by atoms with van der Waals surface area (Å²) in [5, 5.41) is 19.5. The molecule has 0 spiro atoms. The molecule has 3 N–H and O–H groups in total. The minimum absolute atomic E-state index is 0.0423. The normalized spacial score (nSPS) is 12.9. The maximum Gasteiger partial charge on any atom is 0.293 e. The fourth-order valence-electron chi connectivity index (χ4n) is 3.55. The quantitative estimate of drug-likeness (QED) is 0.336. The summed E-state index contributed by atoms with van der Waals surface area (Å²) < 4.78 is 6.08. The molecule has 0 fully saturated rings. The molecule has 4 heterocycles. The van der Waals surface area contributed by atoms with E-state index in [1.165, 1.54) is 16.5 Å². The third-order valence-corrected chi connectivity index (χ3v) is 5.08. The summed E-state index contributed by atoms with van der Waals surface area (Å²) in [4.78, 5) is 19.0. The largest absolute Gasteiger partial charge is 0.378 e. The number of pyridine rings is 1. The molecular formula is C20H18N10O2. The molecule has 0 radical (unpaired) electrons. The number of carbonyl (C=O) groups is 1. The second-order valence-corrected chi connectivity index (χ2v) is 7.05. The number of nitrogen functional groups attached to an aromatic ring is 1. The average molecular weight is 430 g/mol. The molecular weight excluding hydrogens is 412 g/mol. The molecule has 1 aliphatic rings. The van der Waals surface area contributed by atoms with E-state index < -0.39 is 5.91 Å². The number of nitrogens with two attached hydrogens (primary N) is 1. The molecule has 0 saturated heterocycles. The Morgan fingerprint density at radius 2 is 2.06 bits per heavy atom. The summed E-state index contributed by atoms with van der Waals surface area (Å²) in [5.41, 5.74) is 12.1. The highest BCUT2D eigenvalue weighted by Crippen LogP contribution is 2.29. The van der Waals surface area contributed by atoms with Gasteiger partial charge in [-0.1, -0.05) is 23.4 Å². The van der Waals surface area contributed by atoms with Crippen LogP contribution < -0.4 is 16.1 Å². The third kappa shape index (κ3) is 3.64. The van der Waals surface area contributed by atoms with E-state index >= 15 is 0 Å². The molecule has 32 heavy (non-hydrogen) atoms. The monoisotopic (exact) mass is 430 g/mol. The van der Waals surface area contributed by atoms with Crippen molar-refractivity contribution in [2.75, 3.05) is 17.2 Å². The minimum atomic E-state index is -0.515. The molecule has 3 aromatic heterocycles. The molecule has 1 amide bonds. The maximum atomic E-state index is 12.9. The van der Waals surface area contributed by atoms with Crippen molar-refractivity contribution in [3.63, 3.8) is 0 Å². The number of carbonyl (C=O) groups excluding carboxylic acids is 1.